The maximum Gasteiger partial charge on any atom is 0.195 e. The van der Waals surface area contributed by atoms with Gasteiger partial charge in [0.25, 0.3) is 0 Å². The number of hydrogen-bond acceptors (Lipinski definition) is 6. The van der Waals surface area contributed by atoms with Gasteiger partial charge in [-0.3, -0.25) is 0 Å². The number of aliphatic hydroxyl groups excluding tert-OH is 1. The maximum absolute atomic E-state index is 10.8. The molecule has 1 N–H and O–H groups in total. The van der Waals surface area contributed by atoms with Crippen LogP contribution in [0.25, 0.3) is 21.8 Å². The first-order valence-electron chi connectivity index (χ1n) is 7.71. The summed E-state index contributed by atoms with van der Waals surface area (Å²) < 4.78 is 1.57. The maximum atomic E-state index is 10.8. The van der Waals surface area contributed by atoms with Crippen molar-refractivity contribution in [1.29, 1.82) is 0 Å². The lowest BCUT2D eigenvalue weighted by molar-refractivity contribution is 0.115. The molecule has 5 rings (SSSR count). The summed E-state index contributed by atoms with van der Waals surface area (Å²) in [6, 6.07) is 15.9. The van der Waals surface area contributed by atoms with Crippen LogP contribution < -0.4 is 0 Å². The standard InChI is InChI=1S/C18H12N4OS2/c23-17-13-9-12(11-5-2-1-3-6-11)10-19-16(13)25-18-20-15(21-22(17)18)14-7-4-8-24-14/h1-10,17,23H/t17-/m0/s1. The third kappa shape index (κ3) is 2.48. The predicted octanol–water partition coefficient (Wildman–Crippen LogP) is 4.07. The van der Waals surface area contributed by atoms with Crippen LogP contribution in [0.1, 0.15) is 11.8 Å². The Hall–Kier alpha value is -2.48. The molecule has 1 aliphatic rings. The van der Waals surface area contributed by atoms with Crippen LogP contribution in [-0.4, -0.2) is 24.9 Å². The van der Waals surface area contributed by atoms with Gasteiger partial charge in [-0.05, 0) is 34.8 Å². The predicted molar refractivity (Wildman–Crippen MR) is 97.5 cm³/mol. The molecule has 0 radical (unpaired) electrons. The van der Waals surface area contributed by atoms with Crippen LogP contribution in [0.15, 0.2) is 70.3 Å². The first kappa shape index (κ1) is 14.8. The minimum absolute atomic E-state index is 0.632. The lowest BCUT2D eigenvalue weighted by atomic mass is 10.1. The van der Waals surface area contributed by atoms with Crippen LogP contribution in [0.2, 0.25) is 0 Å². The third-order valence-electron chi connectivity index (χ3n) is 4.03. The number of rotatable bonds is 2. The van der Waals surface area contributed by atoms with Crippen molar-refractivity contribution in [3.05, 3.63) is 65.7 Å². The van der Waals surface area contributed by atoms with Gasteiger partial charge >= 0.3 is 0 Å². The fourth-order valence-electron chi connectivity index (χ4n) is 2.79. The number of thiophene rings is 1. The Morgan fingerprint density at radius 3 is 2.72 bits per heavy atom. The van der Waals surface area contributed by atoms with E-state index >= 15 is 0 Å². The van der Waals surface area contributed by atoms with E-state index in [9.17, 15) is 5.11 Å². The summed E-state index contributed by atoms with van der Waals surface area (Å²) in [4.78, 5) is 10.1. The van der Waals surface area contributed by atoms with Crippen molar-refractivity contribution in [2.24, 2.45) is 0 Å². The highest BCUT2D eigenvalue weighted by Crippen LogP contribution is 2.40. The molecular formula is C18H12N4OS2. The second kappa shape index (κ2) is 5.80. The van der Waals surface area contributed by atoms with Crippen molar-refractivity contribution in [2.75, 3.05) is 0 Å². The molecule has 4 aromatic rings. The van der Waals surface area contributed by atoms with Gasteiger partial charge in [0.2, 0.25) is 0 Å². The minimum Gasteiger partial charge on any atom is -0.368 e. The normalized spacial score (nSPS) is 15.6. The quantitative estimate of drug-likeness (QED) is 0.581. The van der Waals surface area contributed by atoms with E-state index in [1.165, 1.54) is 11.8 Å². The van der Waals surface area contributed by atoms with Crippen molar-refractivity contribution in [3.63, 3.8) is 0 Å². The number of aromatic nitrogens is 4. The van der Waals surface area contributed by atoms with Gasteiger partial charge in [0.1, 0.15) is 5.03 Å². The highest BCUT2D eigenvalue weighted by atomic mass is 32.2. The third-order valence-corrected chi connectivity index (χ3v) is 5.89. The van der Waals surface area contributed by atoms with Gasteiger partial charge in [0.05, 0.1) is 4.88 Å². The first-order chi connectivity index (χ1) is 12.3. The van der Waals surface area contributed by atoms with E-state index < -0.39 is 6.23 Å². The van der Waals surface area contributed by atoms with Crippen LogP contribution in [0.4, 0.5) is 0 Å². The summed E-state index contributed by atoms with van der Waals surface area (Å²) in [5.74, 6) is 0.632. The molecule has 1 aliphatic heterocycles. The van der Waals surface area contributed by atoms with E-state index in [1.807, 2.05) is 60.1 Å². The van der Waals surface area contributed by atoms with E-state index in [0.29, 0.717) is 11.0 Å². The van der Waals surface area contributed by atoms with Gasteiger partial charge in [0, 0.05) is 17.3 Å². The monoisotopic (exact) mass is 364 g/mol. The summed E-state index contributed by atoms with van der Waals surface area (Å²) in [6.45, 7) is 0. The molecule has 0 amide bonds. The number of pyridine rings is 1. The lowest BCUT2D eigenvalue weighted by Crippen LogP contribution is -2.18. The molecule has 0 fully saturated rings. The summed E-state index contributed by atoms with van der Waals surface area (Å²) in [6.07, 6.45) is 0.948. The van der Waals surface area contributed by atoms with Crippen molar-refractivity contribution in [1.82, 2.24) is 19.7 Å². The molecule has 0 saturated carbocycles. The van der Waals surface area contributed by atoms with Crippen LogP contribution in [0, 0.1) is 0 Å². The van der Waals surface area contributed by atoms with Crippen LogP contribution >= 0.6 is 23.1 Å². The summed E-state index contributed by atoms with van der Waals surface area (Å²) in [5.41, 5.74) is 2.79. The zero-order valence-electron chi connectivity index (χ0n) is 12.9. The molecule has 122 valence electrons. The second-order valence-corrected chi connectivity index (χ2v) is 7.50. The smallest absolute Gasteiger partial charge is 0.195 e. The summed E-state index contributed by atoms with van der Waals surface area (Å²) >= 11 is 3.01. The Kier molecular flexibility index (Phi) is 3.44. The molecule has 0 bridgehead atoms. The Morgan fingerprint density at radius 1 is 1.04 bits per heavy atom. The van der Waals surface area contributed by atoms with Gasteiger partial charge < -0.3 is 5.11 Å². The first-order valence-corrected chi connectivity index (χ1v) is 9.41. The van der Waals surface area contributed by atoms with Crippen molar-refractivity contribution < 1.29 is 5.11 Å². The molecular weight excluding hydrogens is 352 g/mol. The lowest BCUT2D eigenvalue weighted by Gasteiger charge is -2.21. The molecule has 0 saturated heterocycles. The molecule has 25 heavy (non-hydrogen) atoms. The van der Waals surface area contributed by atoms with Gasteiger partial charge in [-0.2, -0.15) is 4.98 Å². The number of fused-ring (bicyclic) bond motifs is 2. The van der Waals surface area contributed by atoms with E-state index in [-0.39, 0.29) is 0 Å². The summed E-state index contributed by atoms with van der Waals surface area (Å²) in [7, 11) is 0. The molecule has 4 heterocycles. The highest BCUT2D eigenvalue weighted by molar-refractivity contribution is 7.99. The number of aliphatic hydroxyl groups is 1. The number of hydrogen-bond donors (Lipinski definition) is 1. The Labute approximate surface area is 152 Å². The number of benzene rings is 1. The largest absolute Gasteiger partial charge is 0.368 e. The average Bonchev–Trinajstić information content (AvgIpc) is 3.32. The molecule has 7 heteroatoms. The van der Waals surface area contributed by atoms with E-state index in [1.54, 1.807) is 16.0 Å². The van der Waals surface area contributed by atoms with Gasteiger partial charge in [-0.1, -0.05) is 36.4 Å². The molecule has 1 atom stereocenters. The molecule has 0 aliphatic carbocycles. The molecule has 1 aromatic carbocycles. The average molecular weight is 364 g/mol. The van der Waals surface area contributed by atoms with E-state index in [2.05, 4.69) is 15.1 Å². The highest BCUT2D eigenvalue weighted by Gasteiger charge is 2.29. The fourth-order valence-corrected chi connectivity index (χ4v) is 4.37. The zero-order valence-corrected chi connectivity index (χ0v) is 14.5. The topological polar surface area (TPSA) is 63.8 Å². The molecule has 0 unspecified atom stereocenters. The van der Waals surface area contributed by atoms with Crippen LogP contribution in [0.5, 0.6) is 0 Å². The van der Waals surface area contributed by atoms with Crippen LogP contribution in [0.3, 0.4) is 0 Å². The SMILES string of the molecule is O[C@H]1c2cc(-c3ccccc3)cnc2Sc2nc(-c3cccs3)nn21. The molecule has 5 nitrogen and oxygen atoms in total. The number of nitrogens with zero attached hydrogens (tertiary/aromatic N) is 4. The minimum atomic E-state index is -0.886. The Balaban J connectivity index is 1.57. The zero-order chi connectivity index (χ0) is 16.8. The summed E-state index contributed by atoms with van der Waals surface area (Å²) in [5, 5.41) is 18.7. The van der Waals surface area contributed by atoms with Crippen molar-refractivity contribution in [2.45, 2.75) is 16.4 Å². The van der Waals surface area contributed by atoms with Gasteiger partial charge in [0.15, 0.2) is 17.2 Å². The van der Waals surface area contributed by atoms with Crippen molar-refractivity contribution >= 4 is 23.1 Å². The van der Waals surface area contributed by atoms with Gasteiger partial charge in [-0.15, -0.1) is 16.4 Å². The van der Waals surface area contributed by atoms with Gasteiger partial charge in [-0.25, -0.2) is 9.67 Å². The second-order valence-electron chi connectivity index (χ2n) is 5.60. The van der Waals surface area contributed by atoms with Crippen molar-refractivity contribution in [3.8, 4) is 21.8 Å². The van der Waals surface area contributed by atoms with E-state index in [4.69, 9.17) is 0 Å². The fraction of sp³-hybridized carbons (Fsp3) is 0.0556. The van der Waals surface area contributed by atoms with Crippen LogP contribution in [-0.2, 0) is 0 Å². The Bertz CT molecular complexity index is 1040. The van der Waals surface area contributed by atoms with E-state index in [0.717, 1.165) is 26.6 Å². The molecule has 0 spiro atoms. The molecule has 3 aromatic heterocycles. The Morgan fingerprint density at radius 2 is 1.92 bits per heavy atom.